The van der Waals surface area contributed by atoms with Gasteiger partial charge in [0.25, 0.3) is 0 Å². The van der Waals surface area contributed by atoms with E-state index in [9.17, 15) is 19.8 Å². The van der Waals surface area contributed by atoms with Crippen LogP contribution in [0.5, 0.6) is 5.75 Å². The van der Waals surface area contributed by atoms with E-state index >= 15 is 0 Å². The highest BCUT2D eigenvalue weighted by atomic mass is 16.5. The summed E-state index contributed by atoms with van der Waals surface area (Å²) in [5.74, 6) is -0.469. The predicted molar refractivity (Wildman–Crippen MR) is 127 cm³/mol. The Balaban J connectivity index is 1.65. The van der Waals surface area contributed by atoms with Gasteiger partial charge in [-0.1, -0.05) is 18.2 Å². The summed E-state index contributed by atoms with van der Waals surface area (Å²) >= 11 is 0. The molecule has 4 atom stereocenters. The second-order valence-electron chi connectivity index (χ2n) is 8.86. The maximum atomic E-state index is 13.2. The van der Waals surface area contributed by atoms with Gasteiger partial charge < -0.3 is 34.6 Å². The van der Waals surface area contributed by atoms with Crippen LogP contribution < -0.4 is 10.1 Å². The summed E-state index contributed by atoms with van der Waals surface area (Å²) in [6.45, 7) is 5.81. The van der Waals surface area contributed by atoms with Crippen LogP contribution >= 0.6 is 0 Å². The summed E-state index contributed by atoms with van der Waals surface area (Å²) < 4.78 is 16.9. The number of carbonyl (C=O) groups excluding carboxylic acids is 2. The Morgan fingerprint density at radius 3 is 2.77 bits per heavy atom. The quantitative estimate of drug-likeness (QED) is 0.403. The lowest BCUT2D eigenvalue weighted by Crippen LogP contribution is -2.57. The molecule has 1 aromatic carbocycles. The average molecular weight is 490 g/mol. The topological polar surface area (TPSA) is 121 Å². The number of hydrogen-bond donors (Lipinski definition) is 3. The SMILES string of the molecule is CCOCC(=O)N(CCN1CCOCC1)C1C=C(C(=O)NCCO)C2c3ccccc3OC2C1O. The number of nitrogens with one attached hydrogen (secondary N) is 1. The number of fused-ring (bicyclic) bond motifs is 3. The van der Waals surface area contributed by atoms with Crippen molar-refractivity contribution in [3.63, 3.8) is 0 Å². The fourth-order valence-corrected chi connectivity index (χ4v) is 4.98. The summed E-state index contributed by atoms with van der Waals surface area (Å²) in [7, 11) is 0. The molecule has 4 unspecified atom stereocenters. The summed E-state index contributed by atoms with van der Waals surface area (Å²) in [4.78, 5) is 30.2. The van der Waals surface area contributed by atoms with Gasteiger partial charge in [0.05, 0.1) is 31.8 Å². The molecule has 2 aliphatic heterocycles. The van der Waals surface area contributed by atoms with Gasteiger partial charge in [0.2, 0.25) is 11.8 Å². The van der Waals surface area contributed by atoms with E-state index < -0.39 is 24.2 Å². The third-order valence-corrected chi connectivity index (χ3v) is 6.75. The third-order valence-electron chi connectivity index (χ3n) is 6.75. The van der Waals surface area contributed by atoms with Gasteiger partial charge in [-0.05, 0) is 19.1 Å². The number of amides is 2. The maximum absolute atomic E-state index is 13.2. The van der Waals surface area contributed by atoms with Crippen molar-refractivity contribution in [3.8, 4) is 5.75 Å². The van der Waals surface area contributed by atoms with Crippen molar-refractivity contribution in [3.05, 3.63) is 41.5 Å². The first kappa shape index (κ1) is 25.6. The van der Waals surface area contributed by atoms with Gasteiger partial charge in [-0.15, -0.1) is 0 Å². The molecule has 3 N–H and O–H groups in total. The number of benzene rings is 1. The second-order valence-corrected chi connectivity index (χ2v) is 8.86. The van der Waals surface area contributed by atoms with Crippen LogP contribution in [0.3, 0.4) is 0 Å². The largest absolute Gasteiger partial charge is 0.486 e. The van der Waals surface area contributed by atoms with Crippen LogP contribution in [0.15, 0.2) is 35.9 Å². The Kier molecular flexibility index (Phi) is 8.74. The van der Waals surface area contributed by atoms with E-state index in [1.807, 2.05) is 31.2 Å². The molecular formula is C25H35N3O7. The van der Waals surface area contributed by atoms with E-state index in [-0.39, 0.29) is 31.6 Å². The molecule has 0 bridgehead atoms. The molecule has 0 radical (unpaired) electrons. The summed E-state index contributed by atoms with van der Waals surface area (Å²) in [5.41, 5.74) is 1.24. The average Bonchev–Trinajstić information content (AvgIpc) is 3.28. The van der Waals surface area contributed by atoms with E-state index in [0.717, 1.165) is 18.7 Å². The molecule has 0 aromatic heterocycles. The number of aliphatic hydroxyl groups is 2. The van der Waals surface area contributed by atoms with Crippen LogP contribution in [0.2, 0.25) is 0 Å². The molecule has 1 fully saturated rings. The van der Waals surface area contributed by atoms with E-state index in [1.54, 1.807) is 11.0 Å². The number of morpholine rings is 1. The molecule has 10 heteroatoms. The number of hydrogen-bond acceptors (Lipinski definition) is 8. The zero-order valence-corrected chi connectivity index (χ0v) is 20.1. The van der Waals surface area contributed by atoms with Crippen LogP contribution in [-0.4, -0.2) is 116 Å². The van der Waals surface area contributed by atoms with E-state index in [0.29, 0.717) is 44.2 Å². The molecule has 3 aliphatic rings. The minimum absolute atomic E-state index is 0.104. The predicted octanol–water partition coefficient (Wildman–Crippen LogP) is -0.493. The molecule has 2 heterocycles. The number of para-hydroxylation sites is 1. The molecule has 0 saturated carbocycles. The van der Waals surface area contributed by atoms with Crippen molar-refractivity contribution in [2.45, 2.75) is 31.1 Å². The zero-order chi connectivity index (χ0) is 24.8. The van der Waals surface area contributed by atoms with Gasteiger partial charge in [-0.25, -0.2) is 0 Å². The van der Waals surface area contributed by atoms with Crippen molar-refractivity contribution in [1.82, 2.24) is 15.1 Å². The van der Waals surface area contributed by atoms with Crippen molar-refractivity contribution in [2.24, 2.45) is 0 Å². The monoisotopic (exact) mass is 489 g/mol. The first-order chi connectivity index (χ1) is 17.0. The van der Waals surface area contributed by atoms with Gasteiger partial charge in [-0.2, -0.15) is 0 Å². The van der Waals surface area contributed by atoms with E-state index in [1.165, 1.54) is 0 Å². The fourth-order valence-electron chi connectivity index (χ4n) is 4.98. The second kappa shape index (κ2) is 12.0. The van der Waals surface area contributed by atoms with Crippen LogP contribution in [0.4, 0.5) is 0 Å². The lowest BCUT2D eigenvalue weighted by atomic mass is 9.77. The summed E-state index contributed by atoms with van der Waals surface area (Å²) in [6.07, 6.45) is -0.0761. The minimum Gasteiger partial charge on any atom is -0.486 e. The Morgan fingerprint density at radius 2 is 2.03 bits per heavy atom. The molecular weight excluding hydrogens is 454 g/mol. The highest BCUT2D eigenvalue weighted by Crippen LogP contribution is 2.47. The van der Waals surface area contributed by atoms with Crippen LogP contribution in [0, 0.1) is 0 Å². The van der Waals surface area contributed by atoms with Crippen LogP contribution in [-0.2, 0) is 19.1 Å². The smallest absolute Gasteiger partial charge is 0.249 e. The lowest BCUT2D eigenvalue weighted by Gasteiger charge is -2.41. The summed E-state index contributed by atoms with van der Waals surface area (Å²) in [6, 6.07) is 6.64. The van der Waals surface area contributed by atoms with Crippen LogP contribution in [0.1, 0.15) is 18.4 Å². The van der Waals surface area contributed by atoms with Crippen molar-refractivity contribution in [1.29, 1.82) is 0 Å². The Bertz CT molecular complexity index is 918. The number of nitrogens with zero attached hydrogens (tertiary/aromatic N) is 2. The number of aliphatic hydroxyl groups excluding tert-OH is 2. The highest BCUT2D eigenvalue weighted by molar-refractivity contribution is 5.96. The van der Waals surface area contributed by atoms with Gasteiger partial charge in [0.1, 0.15) is 24.6 Å². The number of ether oxygens (including phenoxy) is 3. The molecule has 1 aromatic rings. The van der Waals surface area contributed by atoms with Gasteiger partial charge in [-0.3, -0.25) is 14.5 Å². The number of rotatable bonds is 10. The zero-order valence-electron chi connectivity index (χ0n) is 20.1. The Hall–Kier alpha value is -2.50. The van der Waals surface area contributed by atoms with E-state index in [2.05, 4.69) is 10.2 Å². The van der Waals surface area contributed by atoms with Crippen molar-refractivity contribution >= 4 is 11.8 Å². The first-order valence-electron chi connectivity index (χ1n) is 12.3. The van der Waals surface area contributed by atoms with E-state index in [4.69, 9.17) is 14.2 Å². The molecule has 1 saturated heterocycles. The standard InChI is InChI=1S/C25H35N3O7/c1-2-33-16-21(30)28(9-8-27-10-13-34-14-11-27)19-15-18(25(32)26-7-12-29)22-17-5-3-4-6-20(17)35-24(22)23(19)31/h3-6,15,19,22-24,29,31H,2,7-14,16H2,1H3,(H,26,32). The fraction of sp³-hybridized carbons (Fsp3) is 0.600. The van der Waals surface area contributed by atoms with Gasteiger partial charge in [0, 0.05) is 50.5 Å². The Morgan fingerprint density at radius 1 is 1.26 bits per heavy atom. The van der Waals surface area contributed by atoms with Gasteiger partial charge in [0.15, 0.2) is 0 Å². The lowest BCUT2D eigenvalue weighted by molar-refractivity contribution is -0.142. The van der Waals surface area contributed by atoms with Crippen molar-refractivity contribution < 1.29 is 34.0 Å². The molecule has 192 valence electrons. The third kappa shape index (κ3) is 5.68. The van der Waals surface area contributed by atoms with Crippen molar-refractivity contribution in [2.75, 3.05) is 65.8 Å². The molecule has 2 amide bonds. The maximum Gasteiger partial charge on any atom is 0.249 e. The first-order valence-corrected chi connectivity index (χ1v) is 12.3. The summed E-state index contributed by atoms with van der Waals surface area (Å²) in [5, 5.41) is 23.4. The molecule has 35 heavy (non-hydrogen) atoms. The highest BCUT2D eigenvalue weighted by Gasteiger charge is 2.50. The normalized spacial score (nSPS) is 25.7. The molecule has 0 spiro atoms. The van der Waals surface area contributed by atoms with Gasteiger partial charge >= 0.3 is 0 Å². The number of carbonyl (C=O) groups is 2. The Labute approximate surface area is 205 Å². The molecule has 4 rings (SSSR count). The molecule has 10 nitrogen and oxygen atoms in total. The molecule has 1 aliphatic carbocycles. The van der Waals surface area contributed by atoms with Crippen LogP contribution in [0.25, 0.3) is 0 Å². The minimum atomic E-state index is -1.04.